The summed E-state index contributed by atoms with van der Waals surface area (Å²) < 4.78 is 67.8. The molecule has 1 fully saturated rings. The minimum Gasteiger partial charge on any atom is -0.485 e. The van der Waals surface area contributed by atoms with Gasteiger partial charge in [-0.15, -0.1) is 0 Å². The van der Waals surface area contributed by atoms with E-state index < -0.39 is 23.9 Å². The number of ether oxygens (including phenoxy) is 2. The van der Waals surface area contributed by atoms with Crippen LogP contribution in [0.4, 0.5) is 17.6 Å². The fraction of sp³-hybridized carbons (Fsp3) is 0.333. The van der Waals surface area contributed by atoms with Gasteiger partial charge >= 0.3 is 6.18 Å². The summed E-state index contributed by atoms with van der Waals surface area (Å²) in [6.45, 7) is 2.43. The number of para-hydroxylation sites is 1. The molecule has 44 heavy (non-hydrogen) atoms. The Morgan fingerprint density at radius 2 is 1.89 bits per heavy atom. The molecule has 0 amide bonds. The molecule has 0 aliphatic carbocycles. The number of pyridine rings is 1. The molecular weight excluding hydrogens is 602 g/mol. The summed E-state index contributed by atoms with van der Waals surface area (Å²) in [5.74, 6) is 0.605. The van der Waals surface area contributed by atoms with E-state index in [1.54, 1.807) is 24.4 Å². The third-order valence-corrected chi connectivity index (χ3v) is 8.44. The van der Waals surface area contributed by atoms with Crippen molar-refractivity contribution in [2.45, 2.75) is 37.6 Å². The predicted octanol–water partition coefficient (Wildman–Crippen LogP) is 6.46. The first-order chi connectivity index (χ1) is 21.1. The first-order valence-corrected chi connectivity index (χ1v) is 14.4. The molecule has 2 aliphatic rings. The number of piperidine rings is 1. The van der Waals surface area contributed by atoms with Crippen molar-refractivity contribution in [3.63, 3.8) is 0 Å². The number of likely N-dealkylation sites (tertiary alicyclic amines) is 1. The van der Waals surface area contributed by atoms with Crippen LogP contribution in [0.3, 0.4) is 0 Å². The number of rotatable bonds is 5. The quantitative estimate of drug-likeness (QED) is 0.224. The Morgan fingerprint density at radius 3 is 2.64 bits per heavy atom. The summed E-state index contributed by atoms with van der Waals surface area (Å²) in [7, 11) is 1.89. The molecule has 2 aliphatic heterocycles. The zero-order valence-corrected chi connectivity index (χ0v) is 24.2. The van der Waals surface area contributed by atoms with Crippen LogP contribution in [0.1, 0.15) is 47.6 Å². The molecule has 0 bridgehead atoms. The number of aryl methyl sites for hydroxylation is 1. The summed E-state index contributed by atoms with van der Waals surface area (Å²) >= 11 is 5.94. The Kier molecular flexibility index (Phi) is 7.16. The number of nitrogens with one attached hydrogen (secondary N) is 1. The Bertz CT molecular complexity index is 1850. The minimum atomic E-state index is -4.62. The molecule has 1 saturated heterocycles. The van der Waals surface area contributed by atoms with Gasteiger partial charge in [0, 0.05) is 23.2 Å². The number of aromatic amines is 1. The number of hydrogen-bond donors (Lipinski definition) is 1. The van der Waals surface area contributed by atoms with Crippen molar-refractivity contribution in [3.05, 3.63) is 82.3 Å². The largest absolute Gasteiger partial charge is 0.485 e. The van der Waals surface area contributed by atoms with Crippen LogP contribution in [0.15, 0.2) is 48.7 Å². The highest BCUT2D eigenvalue weighted by Gasteiger charge is 2.36. The maximum Gasteiger partial charge on any atom is 0.451 e. The normalized spacial score (nSPS) is 17.8. The van der Waals surface area contributed by atoms with Gasteiger partial charge in [0.2, 0.25) is 5.82 Å². The second kappa shape index (κ2) is 11.0. The first-order valence-electron chi connectivity index (χ1n) is 14.0. The fourth-order valence-electron chi connectivity index (χ4n) is 5.86. The zero-order valence-electron chi connectivity index (χ0n) is 23.4. The molecule has 2 aromatic carbocycles. The second-order valence-electron chi connectivity index (χ2n) is 11.0. The Labute approximate surface area is 253 Å². The van der Waals surface area contributed by atoms with Crippen LogP contribution in [0.5, 0.6) is 11.5 Å². The third-order valence-electron chi connectivity index (χ3n) is 8.20. The van der Waals surface area contributed by atoms with Crippen molar-refractivity contribution >= 4 is 22.6 Å². The molecule has 0 radical (unpaired) electrons. The molecule has 228 valence electrons. The average Bonchev–Trinajstić information content (AvgIpc) is 3.63. The Balaban J connectivity index is 1.04. The van der Waals surface area contributed by atoms with E-state index >= 15 is 0 Å². The van der Waals surface area contributed by atoms with Gasteiger partial charge in [-0.3, -0.25) is 15.0 Å². The molecular formula is C30H26ClF4N7O2. The fourth-order valence-corrected chi connectivity index (χ4v) is 6.02. The van der Waals surface area contributed by atoms with E-state index in [2.05, 4.69) is 20.0 Å². The van der Waals surface area contributed by atoms with E-state index in [0.29, 0.717) is 34.1 Å². The van der Waals surface area contributed by atoms with E-state index in [1.165, 1.54) is 6.07 Å². The average molecular weight is 628 g/mol. The summed E-state index contributed by atoms with van der Waals surface area (Å²) in [5.41, 5.74) is 3.00. The van der Waals surface area contributed by atoms with Gasteiger partial charge in [-0.1, -0.05) is 29.8 Å². The van der Waals surface area contributed by atoms with E-state index in [4.69, 9.17) is 26.1 Å². The van der Waals surface area contributed by atoms with Gasteiger partial charge < -0.3 is 14.0 Å². The smallest absolute Gasteiger partial charge is 0.451 e. The molecule has 1 unspecified atom stereocenters. The van der Waals surface area contributed by atoms with E-state index in [0.717, 1.165) is 42.8 Å². The molecule has 1 N–H and O–H groups in total. The Morgan fingerprint density at radius 1 is 1.07 bits per heavy atom. The third kappa shape index (κ3) is 5.34. The molecule has 3 aromatic heterocycles. The molecule has 9 nitrogen and oxygen atoms in total. The number of aromatic nitrogens is 6. The molecule has 1 atom stereocenters. The highest BCUT2D eigenvalue weighted by atomic mass is 35.5. The monoisotopic (exact) mass is 627 g/mol. The highest BCUT2D eigenvalue weighted by molar-refractivity contribution is 6.30. The number of halogens is 5. The van der Waals surface area contributed by atoms with Crippen LogP contribution >= 0.6 is 11.6 Å². The van der Waals surface area contributed by atoms with Crippen LogP contribution in [0, 0.1) is 5.82 Å². The van der Waals surface area contributed by atoms with Crippen LogP contribution in [-0.2, 0) is 19.8 Å². The lowest BCUT2D eigenvalue weighted by molar-refractivity contribution is -0.144. The number of benzene rings is 2. The van der Waals surface area contributed by atoms with Crippen molar-refractivity contribution in [1.29, 1.82) is 0 Å². The van der Waals surface area contributed by atoms with Crippen molar-refractivity contribution in [2.75, 3.05) is 19.7 Å². The number of H-pyrrole nitrogens is 1. The topological polar surface area (TPSA) is 94.0 Å². The summed E-state index contributed by atoms with van der Waals surface area (Å²) in [6.07, 6.45) is -1.88. The standard InChI is InChI=1S/C30H26ClF4N7O2/c1-41-23-13-36-22(28-38-29(40-39-28)30(33,34)35)12-21(23)37-26(41)14-42-9-7-16(8-10-42)18-3-2-4-24-27(18)44-25(15-43-24)19-6-5-17(31)11-20(19)32/h2-6,11-13,16,25H,7-10,14-15H2,1H3,(H,38,39,40). The van der Waals surface area contributed by atoms with Crippen molar-refractivity contribution in [1.82, 2.24) is 34.6 Å². The van der Waals surface area contributed by atoms with E-state index in [-0.39, 0.29) is 24.0 Å². The van der Waals surface area contributed by atoms with Gasteiger partial charge in [0.25, 0.3) is 0 Å². The number of alkyl halides is 3. The van der Waals surface area contributed by atoms with Gasteiger partial charge in [0.15, 0.2) is 23.4 Å². The lowest BCUT2D eigenvalue weighted by Gasteiger charge is -2.35. The Hall–Kier alpha value is -4.23. The van der Waals surface area contributed by atoms with Gasteiger partial charge in [0.05, 0.1) is 23.8 Å². The molecule has 0 spiro atoms. The molecule has 0 saturated carbocycles. The minimum absolute atomic E-state index is 0.143. The van der Waals surface area contributed by atoms with Crippen LogP contribution in [-0.4, -0.2) is 54.3 Å². The van der Waals surface area contributed by atoms with Crippen molar-refractivity contribution in [2.24, 2.45) is 7.05 Å². The zero-order chi connectivity index (χ0) is 30.6. The van der Waals surface area contributed by atoms with E-state index in [9.17, 15) is 17.6 Å². The lowest BCUT2D eigenvalue weighted by atomic mass is 9.88. The predicted molar refractivity (Wildman–Crippen MR) is 153 cm³/mol. The first kappa shape index (κ1) is 28.5. The van der Waals surface area contributed by atoms with Crippen LogP contribution in [0.25, 0.3) is 22.6 Å². The molecule has 7 rings (SSSR count). The summed E-state index contributed by atoms with van der Waals surface area (Å²) in [4.78, 5) is 14.9. The van der Waals surface area contributed by atoms with Gasteiger partial charge in [0.1, 0.15) is 23.9 Å². The maximum absolute atomic E-state index is 14.6. The maximum atomic E-state index is 14.6. The molecule has 14 heteroatoms. The SMILES string of the molecule is Cn1c(CN2CCC(c3cccc4c3OC(c3ccc(Cl)cc3F)CO4)CC2)nc2cc(-c3n[nH]c(C(F)(F)F)n3)ncc21. The van der Waals surface area contributed by atoms with Crippen LogP contribution < -0.4 is 9.47 Å². The highest BCUT2D eigenvalue weighted by Crippen LogP contribution is 2.45. The van der Waals surface area contributed by atoms with Gasteiger partial charge in [-0.05, 0) is 56.1 Å². The van der Waals surface area contributed by atoms with Crippen molar-refractivity contribution in [3.8, 4) is 23.0 Å². The van der Waals surface area contributed by atoms with Crippen molar-refractivity contribution < 1.29 is 27.0 Å². The lowest BCUT2D eigenvalue weighted by Crippen LogP contribution is -2.33. The second-order valence-corrected chi connectivity index (χ2v) is 11.4. The number of hydrogen-bond acceptors (Lipinski definition) is 7. The van der Waals surface area contributed by atoms with Gasteiger partial charge in [-0.2, -0.15) is 18.3 Å². The number of nitrogens with zero attached hydrogens (tertiary/aromatic N) is 6. The van der Waals surface area contributed by atoms with Gasteiger partial charge in [-0.25, -0.2) is 14.4 Å². The van der Waals surface area contributed by atoms with E-state index in [1.807, 2.05) is 34.9 Å². The van der Waals surface area contributed by atoms with Crippen LogP contribution in [0.2, 0.25) is 5.02 Å². The molecule has 5 heterocycles. The molecule has 5 aromatic rings. The number of fused-ring (bicyclic) bond motifs is 2. The number of imidazole rings is 1. The summed E-state index contributed by atoms with van der Waals surface area (Å²) in [5, 5.41) is 5.91. The summed E-state index contributed by atoms with van der Waals surface area (Å²) in [6, 6.07) is 12.0.